The van der Waals surface area contributed by atoms with Gasteiger partial charge in [-0.25, -0.2) is 0 Å². The lowest BCUT2D eigenvalue weighted by atomic mass is 10.0. The zero-order valence-corrected chi connectivity index (χ0v) is 21.7. The van der Waals surface area contributed by atoms with Gasteiger partial charge >= 0.3 is 0 Å². The highest BCUT2D eigenvalue weighted by Crippen LogP contribution is 2.37. The molecular weight excluding hydrogens is 474 g/mol. The van der Waals surface area contributed by atoms with Crippen molar-refractivity contribution in [1.29, 1.82) is 0 Å². The van der Waals surface area contributed by atoms with Crippen LogP contribution in [0.3, 0.4) is 0 Å². The number of hydrogen-bond donors (Lipinski definition) is 1. The highest BCUT2D eigenvalue weighted by Gasteiger charge is 2.35. The lowest BCUT2D eigenvalue weighted by Gasteiger charge is -2.33. The molecule has 1 N–H and O–H groups in total. The molecule has 0 fully saturated rings. The molecule has 38 heavy (non-hydrogen) atoms. The van der Waals surface area contributed by atoms with Gasteiger partial charge in [-0.15, -0.1) is 0 Å². The van der Waals surface area contributed by atoms with Crippen molar-refractivity contribution in [3.63, 3.8) is 0 Å². The van der Waals surface area contributed by atoms with Crippen LogP contribution in [0.25, 0.3) is 10.8 Å². The molecule has 1 aliphatic rings. The van der Waals surface area contributed by atoms with Crippen molar-refractivity contribution in [2.45, 2.75) is 32.9 Å². The monoisotopic (exact) mass is 505 g/mol. The number of carbonyl (C=O) groups is 3. The molecule has 5 rings (SSSR count). The molecule has 0 saturated carbocycles. The first-order chi connectivity index (χ1) is 18.5. The van der Waals surface area contributed by atoms with E-state index in [-0.39, 0.29) is 30.8 Å². The molecule has 1 atom stereocenters. The molecule has 0 radical (unpaired) electrons. The van der Waals surface area contributed by atoms with Gasteiger partial charge in [0.05, 0.1) is 5.69 Å². The molecule has 192 valence electrons. The van der Waals surface area contributed by atoms with E-state index in [0.717, 1.165) is 33.2 Å². The van der Waals surface area contributed by atoms with Gasteiger partial charge < -0.3 is 10.2 Å². The first-order valence-corrected chi connectivity index (χ1v) is 13.0. The average Bonchev–Trinajstić information content (AvgIpc) is 3.19. The number of benzene rings is 4. The summed E-state index contributed by atoms with van der Waals surface area (Å²) in [6.45, 7) is 4.43. The third-order valence-electron chi connectivity index (χ3n) is 7.00. The summed E-state index contributed by atoms with van der Waals surface area (Å²) in [6.07, 6.45) is 0.369. The van der Waals surface area contributed by atoms with Crippen molar-refractivity contribution < 1.29 is 14.4 Å². The van der Waals surface area contributed by atoms with E-state index in [0.29, 0.717) is 18.5 Å². The molecule has 0 saturated heterocycles. The summed E-state index contributed by atoms with van der Waals surface area (Å²) >= 11 is 0. The highest BCUT2D eigenvalue weighted by molar-refractivity contribution is 6.26. The van der Waals surface area contributed by atoms with Crippen LogP contribution in [-0.4, -0.2) is 41.8 Å². The van der Waals surface area contributed by atoms with Crippen LogP contribution in [0.2, 0.25) is 0 Å². The van der Waals surface area contributed by atoms with Gasteiger partial charge in [-0.2, -0.15) is 0 Å². The minimum absolute atomic E-state index is 0.150. The van der Waals surface area contributed by atoms with Crippen LogP contribution in [0.5, 0.6) is 0 Å². The van der Waals surface area contributed by atoms with Crippen molar-refractivity contribution in [1.82, 2.24) is 10.2 Å². The number of nitrogens with one attached hydrogen (secondary N) is 1. The zero-order chi connectivity index (χ0) is 26.6. The van der Waals surface area contributed by atoms with Gasteiger partial charge in [0.15, 0.2) is 0 Å². The third-order valence-corrected chi connectivity index (χ3v) is 7.00. The number of likely N-dealkylation sites (N-methyl/N-ethyl adjacent to an activating group) is 1. The van der Waals surface area contributed by atoms with E-state index in [4.69, 9.17) is 0 Å². The molecule has 0 spiro atoms. The molecular formula is C32H31N3O3. The number of carbonyl (C=O) groups excluding carboxylic acids is 3. The standard InChI is InChI=1S/C32H31N3O3/c1-3-33-31(37)28(19-23-11-5-4-6-12-23)34(20-24-13-7-10-22(2)18-24)29(36)21-35-27-17-9-15-25-14-8-16-26(30(25)27)32(35)38/h4-18,28H,3,19-21H2,1-2H3,(H,33,37). The van der Waals surface area contributed by atoms with Crippen LogP contribution in [0.4, 0.5) is 5.69 Å². The van der Waals surface area contributed by atoms with Gasteiger partial charge in [0.25, 0.3) is 5.91 Å². The first-order valence-electron chi connectivity index (χ1n) is 13.0. The fraction of sp³-hybridized carbons (Fsp3) is 0.219. The minimum atomic E-state index is -0.735. The summed E-state index contributed by atoms with van der Waals surface area (Å²) in [5.41, 5.74) is 4.29. The zero-order valence-electron chi connectivity index (χ0n) is 21.7. The quantitative estimate of drug-likeness (QED) is 0.352. The average molecular weight is 506 g/mol. The highest BCUT2D eigenvalue weighted by atomic mass is 16.2. The molecule has 4 aromatic carbocycles. The molecule has 0 bridgehead atoms. The van der Waals surface area contributed by atoms with Crippen molar-refractivity contribution in [3.8, 4) is 0 Å². The van der Waals surface area contributed by atoms with Gasteiger partial charge in [-0.1, -0.05) is 84.4 Å². The van der Waals surface area contributed by atoms with Gasteiger partial charge in [0, 0.05) is 30.5 Å². The number of anilines is 1. The lowest BCUT2D eigenvalue weighted by Crippen LogP contribution is -2.53. The Hall–Kier alpha value is -4.45. The molecule has 6 nitrogen and oxygen atoms in total. The van der Waals surface area contributed by atoms with Crippen LogP contribution in [-0.2, 0) is 22.6 Å². The summed E-state index contributed by atoms with van der Waals surface area (Å²) in [7, 11) is 0. The van der Waals surface area contributed by atoms with Crippen LogP contribution in [0.1, 0.15) is 34.0 Å². The second-order valence-electron chi connectivity index (χ2n) is 9.68. The van der Waals surface area contributed by atoms with E-state index < -0.39 is 6.04 Å². The van der Waals surface area contributed by atoms with Crippen LogP contribution >= 0.6 is 0 Å². The Balaban J connectivity index is 1.51. The molecule has 3 amide bonds. The van der Waals surface area contributed by atoms with E-state index in [2.05, 4.69) is 5.32 Å². The number of hydrogen-bond acceptors (Lipinski definition) is 3. The van der Waals surface area contributed by atoms with E-state index in [1.165, 1.54) is 0 Å². The molecule has 0 aliphatic carbocycles. The number of aryl methyl sites for hydroxylation is 1. The Morgan fingerprint density at radius 2 is 1.61 bits per heavy atom. The third kappa shape index (κ3) is 5.02. The van der Waals surface area contributed by atoms with Crippen molar-refractivity contribution in [2.24, 2.45) is 0 Å². The minimum Gasteiger partial charge on any atom is -0.355 e. The molecule has 1 unspecified atom stereocenters. The number of nitrogens with zero attached hydrogens (tertiary/aromatic N) is 2. The van der Waals surface area contributed by atoms with E-state index >= 15 is 0 Å². The van der Waals surface area contributed by atoms with E-state index in [1.807, 2.05) is 98.8 Å². The number of amides is 3. The normalized spacial score (nSPS) is 13.0. The van der Waals surface area contributed by atoms with E-state index in [9.17, 15) is 14.4 Å². The van der Waals surface area contributed by atoms with Crippen LogP contribution in [0.15, 0.2) is 91.0 Å². The molecule has 4 aromatic rings. The number of rotatable bonds is 9. The summed E-state index contributed by atoms with van der Waals surface area (Å²) in [5.74, 6) is -0.689. The molecule has 1 aliphatic heterocycles. The second kappa shape index (κ2) is 10.9. The van der Waals surface area contributed by atoms with Gasteiger partial charge in [0.2, 0.25) is 11.8 Å². The largest absolute Gasteiger partial charge is 0.355 e. The van der Waals surface area contributed by atoms with Crippen molar-refractivity contribution in [2.75, 3.05) is 18.0 Å². The summed E-state index contributed by atoms with van der Waals surface area (Å²) < 4.78 is 0. The fourth-order valence-electron chi connectivity index (χ4n) is 5.22. The first kappa shape index (κ1) is 25.2. The predicted octanol–water partition coefficient (Wildman–Crippen LogP) is 4.88. The van der Waals surface area contributed by atoms with Crippen molar-refractivity contribution >= 4 is 34.2 Å². The summed E-state index contributed by atoms with van der Waals surface area (Å²) in [6, 6.07) is 28.3. The fourth-order valence-corrected chi connectivity index (χ4v) is 5.22. The Labute approximate surface area is 222 Å². The molecule has 1 heterocycles. The van der Waals surface area contributed by atoms with Crippen LogP contribution < -0.4 is 10.2 Å². The maximum atomic E-state index is 14.1. The van der Waals surface area contributed by atoms with Crippen molar-refractivity contribution in [3.05, 3.63) is 113 Å². The van der Waals surface area contributed by atoms with Gasteiger partial charge in [-0.3, -0.25) is 19.3 Å². The van der Waals surface area contributed by atoms with Gasteiger partial charge in [0.1, 0.15) is 12.6 Å². The smallest absolute Gasteiger partial charge is 0.259 e. The lowest BCUT2D eigenvalue weighted by molar-refractivity contribution is -0.140. The Bertz CT molecular complexity index is 1490. The Kier molecular flexibility index (Phi) is 7.22. The molecule has 0 aromatic heterocycles. The Morgan fingerprint density at radius 1 is 0.895 bits per heavy atom. The second-order valence-corrected chi connectivity index (χ2v) is 9.68. The summed E-state index contributed by atoms with van der Waals surface area (Å²) in [4.78, 5) is 44.1. The topological polar surface area (TPSA) is 69.7 Å². The Morgan fingerprint density at radius 3 is 2.34 bits per heavy atom. The van der Waals surface area contributed by atoms with E-state index in [1.54, 1.807) is 15.9 Å². The maximum absolute atomic E-state index is 14.1. The molecule has 6 heteroatoms. The SMILES string of the molecule is CCNC(=O)C(Cc1ccccc1)N(Cc1cccc(C)c1)C(=O)CN1C(=O)c2cccc3cccc1c23. The summed E-state index contributed by atoms with van der Waals surface area (Å²) in [5, 5.41) is 4.74. The van der Waals surface area contributed by atoms with Crippen LogP contribution in [0, 0.1) is 6.92 Å². The maximum Gasteiger partial charge on any atom is 0.259 e. The predicted molar refractivity (Wildman–Crippen MR) is 150 cm³/mol. The van der Waals surface area contributed by atoms with Gasteiger partial charge in [-0.05, 0) is 42.5 Å².